The lowest BCUT2D eigenvalue weighted by Gasteiger charge is -2.14. The van der Waals surface area contributed by atoms with Crippen LogP contribution < -0.4 is 24.3 Å². The number of carbonyl (C=O) groups excluding carboxylic acids is 1. The molecule has 24 heavy (non-hydrogen) atoms. The van der Waals surface area contributed by atoms with Crippen molar-refractivity contribution in [1.29, 1.82) is 0 Å². The molecule has 1 N–H and O–H groups in total. The summed E-state index contributed by atoms with van der Waals surface area (Å²) in [4.78, 5) is 12.5. The zero-order chi connectivity index (χ0) is 17.7. The number of aryl methyl sites for hydroxylation is 1. The molecule has 2 rings (SSSR count). The van der Waals surface area contributed by atoms with Crippen LogP contribution in [0.4, 0.5) is 5.69 Å². The Kier molecular flexibility index (Phi) is 5.52. The van der Waals surface area contributed by atoms with Crippen LogP contribution >= 0.6 is 0 Å². The average molecular weight is 331 g/mol. The molecule has 0 saturated heterocycles. The minimum absolute atomic E-state index is 0.279. The maximum absolute atomic E-state index is 12.5. The van der Waals surface area contributed by atoms with Gasteiger partial charge in [-0.25, -0.2) is 0 Å². The van der Waals surface area contributed by atoms with E-state index in [9.17, 15) is 4.79 Å². The maximum atomic E-state index is 12.5. The third kappa shape index (κ3) is 3.53. The Balaban J connectivity index is 2.31. The summed E-state index contributed by atoms with van der Waals surface area (Å²) < 4.78 is 21.0. The molecule has 0 unspecified atom stereocenters. The molecule has 128 valence electrons. The van der Waals surface area contributed by atoms with Gasteiger partial charge in [-0.2, -0.15) is 0 Å². The molecule has 0 aliphatic heterocycles. The van der Waals surface area contributed by atoms with E-state index in [2.05, 4.69) is 5.32 Å². The number of anilines is 1. The normalized spacial score (nSPS) is 10.0. The van der Waals surface area contributed by atoms with Crippen LogP contribution in [0, 0.1) is 6.92 Å². The van der Waals surface area contributed by atoms with E-state index < -0.39 is 0 Å². The highest BCUT2D eigenvalue weighted by atomic mass is 16.5. The van der Waals surface area contributed by atoms with Crippen LogP contribution in [0.2, 0.25) is 0 Å². The molecule has 1 amide bonds. The Morgan fingerprint density at radius 1 is 0.833 bits per heavy atom. The Bertz CT molecular complexity index is 717. The van der Waals surface area contributed by atoms with Crippen molar-refractivity contribution in [3.63, 3.8) is 0 Å². The van der Waals surface area contributed by atoms with Crippen LogP contribution in [0.1, 0.15) is 15.9 Å². The van der Waals surface area contributed by atoms with E-state index in [1.807, 2.05) is 13.0 Å². The molecule has 2 aromatic rings. The van der Waals surface area contributed by atoms with Gasteiger partial charge in [0.25, 0.3) is 5.91 Å². The largest absolute Gasteiger partial charge is 0.496 e. The van der Waals surface area contributed by atoms with Crippen molar-refractivity contribution in [3.05, 3.63) is 41.5 Å². The van der Waals surface area contributed by atoms with E-state index in [4.69, 9.17) is 18.9 Å². The number of ether oxygens (including phenoxy) is 4. The van der Waals surface area contributed by atoms with Gasteiger partial charge in [-0.15, -0.1) is 0 Å². The Labute approximate surface area is 141 Å². The molecule has 0 saturated carbocycles. The molecule has 6 nitrogen and oxygen atoms in total. The Morgan fingerprint density at radius 3 is 1.88 bits per heavy atom. The fourth-order valence-corrected chi connectivity index (χ4v) is 2.37. The first kappa shape index (κ1) is 17.5. The van der Waals surface area contributed by atoms with Gasteiger partial charge in [0.05, 0.1) is 28.4 Å². The second-order valence-electron chi connectivity index (χ2n) is 5.05. The predicted octanol–water partition coefficient (Wildman–Crippen LogP) is 3.28. The van der Waals surface area contributed by atoms with E-state index >= 15 is 0 Å². The number of rotatable bonds is 6. The smallest absolute Gasteiger partial charge is 0.255 e. The summed E-state index contributed by atoms with van der Waals surface area (Å²) in [6.07, 6.45) is 0. The number of benzene rings is 2. The number of carbonyl (C=O) groups is 1. The van der Waals surface area contributed by atoms with Gasteiger partial charge in [0, 0.05) is 11.3 Å². The molecule has 2 aromatic carbocycles. The molecule has 0 bridgehead atoms. The topological polar surface area (TPSA) is 66.0 Å². The molecule has 0 aliphatic rings. The average Bonchev–Trinajstić information content (AvgIpc) is 2.60. The summed E-state index contributed by atoms with van der Waals surface area (Å²) in [6, 6.07) is 8.64. The molecule has 0 heterocycles. The minimum Gasteiger partial charge on any atom is -0.496 e. The summed E-state index contributed by atoms with van der Waals surface area (Å²) in [5.74, 6) is 1.78. The Hall–Kier alpha value is -2.89. The lowest BCUT2D eigenvalue weighted by Crippen LogP contribution is -2.12. The fraction of sp³-hybridized carbons (Fsp3) is 0.278. The van der Waals surface area contributed by atoms with E-state index in [0.717, 1.165) is 11.3 Å². The van der Waals surface area contributed by atoms with Crippen LogP contribution in [0.15, 0.2) is 30.3 Å². The zero-order valence-electron chi connectivity index (χ0n) is 14.4. The van der Waals surface area contributed by atoms with Gasteiger partial charge in [0.2, 0.25) is 5.75 Å². The van der Waals surface area contributed by atoms with E-state index in [1.165, 1.54) is 21.3 Å². The van der Waals surface area contributed by atoms with Crippen LogP contribution in [-0.2, 0) is 0 Å². The third-order valence-electron chi connectivity index (χ3n) is 3.58. The first-order valence-corrected chi connectivity index (χ1v) is 7.30. The summed E-state index contributed by atoms with van der Waals surface area (Å²) in [5.41, 5.74) is 2.00. The minimum atomic E-state index is -0.279. The van der Waals surface area contributed by atoms with E-state index in [-0.39, 0.29) is 5.91 Å². The molecule has 6 heteroatoms. The van der Waals surface area contributed by atoms with Gasteiger partial charge in [-0.1, -0.05) is 0 Å². The molecule has 0 aromatic heterocycles. The van der Waals surface area contributed by atoms with Crippen molar-refractivity contribution >= 4 is 11.6 Å². The molecular formula is C18H21NO5. The van der Waals surface area contributed by atoms with Crippen LogP contribution in [0.5, 0.6) is 23.0 Å². The van der Waals surface area contributed by atoms with Crippen molar-refractivity contribution < 1.29 is 23.7 Å². The Morgan fingerprint density at radius 2 is 1.42 bits per heavy atom. The fourth-order valence-electron chi connectivity index (χ4n) is 2.37. The van der Waals surface area contributed by atoms with Crippen LogP contribution in [-0.4, -0.2) is 34.3 Å². The summed E-state index contributed by atoms with van der Waals surface area (Å²) in [7, 11) is 6.13. The van der Waals surface area contributed by atoms with Gasteiger partial charge in [0.15, 0.2) is 11.5 Å². The molecule has 0 fully saturated rings. The molecule has 0 spiro atoms. The molecule has 0 radical (unpaired) electrons. The number of hydrogen-bond donors (Lipinski definition) is 1. The zero-order valence-corrected chi connectivity index (χ0v) is 14.4. The highest BCUT2D eigenvalue weighted by molar-refractivity contribution is 6.05. The maximum Gasteiger partial charge on any atom is 0.255 e. The predicted molar refractivity (Wildman–Crippen MR) is 91.8 cm³/mol. The number of nitrogens with one attached hydrogen (secondary N) is 1. The van der Waals surface area contributed by atoms with Gasteiger partial charge in [0.1, 0.15) is 5.75 Å². The van der Waals surface area contributed by atoms with E-state index in [0.29, 0.717) is 28.5 Å². The summed E-state index contributed by atoms with van der Waals surface area (Å²) in [6.45, 7) is 1.91. The van der Waals surface area contributed by atoms with Crippen molar-refractivity contribution in [1.82, 2.24) is 0 Å². The number of amides is 1. The first-order chi connectivity index (χ1) is 11.5. The molecule has 0 atom stereocenters. The van der Waals surface area contributed by atoms with Gasteiger partial charge >= 0.3 is 0 Å². The van der Waals surface area contributed by atoms with E-state index in [1.54, 1.807) is 31.4 Å². The van der Waals surface area contributed by atoms with Gasteiger partial charge in [-0.05, 0) is 42.8 Å². The second-order valence-corrected chi connectivity index (χ2v) is 5.05. The van der Waals surface area contributed by atoms with Crippen molar-refractivity contribution in [2.45, 2.75) is 6.92 Å². The third-order valence-corrected chi connectivity index (χ3v) is 3.58. The summed E-state index contributed by atoms with van der Waals surface area (Å²) in [5, 5.41) is 2.84. The van der Waals surface area contributed by atoms with Gasteiger partial charge in [-0.3, -0.25) is 4.79 Å². The monoisotopic (exact) mass is 331 g/mol. The van der Waals surface area contributed by atoms with Crippen LogP contribution in [0.3, 0.4) is 0 Å². The quantitative estimate of drug-likeness (QED) is 0.880. The molecular weight excluding hydrogens is 310 g/mol. The highest BCUT2D eigenvalue weighted by Gasteiger charge is 2.17. The standard InChI is InChI=1S/C18H21NO5/c1-11-8-13(6-7-14(11)21-2)19-18(20)12-9-15(22-3)17(24-5)16(10-12)23-4/h6-10H,1-5H3,(H,19,20). The summed E-state index contributed by atoms with van der Waals surface area (Å²) >= 11 is 0. The second kappa shape index (κ2) is 7.59. The first-order valence-electron chi connectivity index (χ1n) is 7.30. The highest BCUT2D eigenvalue weighted by Crippen LogP contribution is 2.38. The lowest BCUT2D eigenvalue weighted by atomic mass is 10.1. The molecule has 0 aliphatic carbocycles. The van der Waals surface area contributed by atoms with Crippen molar-refractivity contribution in [3.8, 4) is 23.0 Å². The number of methoxy groups -OCH3 is 4. The van der Waals surface area contributed by atoms with Gasteiger partial charge < -0.3 is 24.3 Å². The SMILES string of the molecule is COc1ccc(NC(=O)c2cc(OC)c(OC)c(OC)c2)cc1C. The lowest BCUT2D eigenvalue weighted by molar-refractivity contribution is 0.102. The van der Waals surface area contributed by atoms with Crippen LogP contribution in [0.25, 0.3) is 0 Å². The number of hydrogen-bond acceptors (Lipinski definition) is 5. The van der Waals surface area contributed by atoms with Crippen molar-refractivity contribution in [2.24, 2.45) is 0 Å². The van der Waals surface area contributed by atoms with Crippen molar-refractivity contribution in [2.75, 3.05) is 33.8 Å².